The molecule has 0 aromatic carbocycles. The van der Waals surface area contributed by atoms with Crippen LogP contribution >= 0.6 is 0 Å². The molecule has 0 aliphatic heterocycles. The Morgan fingerprint density at radius 2 is 2.58 bits per heavy atom. The Morgan fingerprint density at radius 1 is 1.83 bits per heavy atom. The molecule has 0 fully saturated rings. The third kappa shape index (κ3) is 1.98. The van der Waals surface area contributed by atoms with Crippen molar-refractivity contribution < 1.29 is 19.1 Å². The number of ether oxygens (including phenoxy) is 1. The van der Waals surface area contributed by atoms with Gasteiger partial charge in [0.2, 0.25) is 0 Å². The van der Waals surface area contributed by atoms with Crippen molar-refractivity contribution in [3.05, 3.63) is 12.2 Å². The molecule has 0 spiro atoms. The zero-order chi connectivity index (χ0) is 8.97. The molecule has 12 heavy (non-hydrogen) atoms. The second kappa shape index (κ2) is 3.75. The number of rotatable bonds is 3. The molecule has 0 atom stereocenters. The van der Waals surface area contributed by atoms with Crippen LogP contribution in [0.5, 0.6) is 5.88 Å². The quantitative estimate of drug-likeness (QED) is 0.685. The lowest BCUT2D eigenvalue weighted by Gasteiger charge is -1.96. The molecule has 1 aromatic rings. The van der Waals surface area contributed by atoms with Crippen LogP contribution in [0.25, 0.3) is 0 Å². The lowest BCUT2D eigenvalue weighted by atomic mass is 10.5. The number of esters is 1. The van der Waals surface area contributed by atoms with Crippen molar-refractivity contribution >= 4 is 5.97 Å². The van der Waals surface area contributed by atoms with Crippen molar-refractivity contribution in [1.82, 2.24) is 4.98 Å². The van der Waals surface area contributed by atoms with Crippen LogP contribution in [0.15, 0.2) is 10.7 Å². The van der Waals surface area contributed by atoms with Gasteiger partial charge in [-0.2, -0.15) is 4.98 Å². The summed E-state index contributed by atoms with van der Waals surface area (Å²) < 4.78 is 9.27. The molecule has 0 unspecified atom stereocenters. The van der Waals surface area contributed by atoms with E-state index in [2.05, 4.69) is 14.1 Å². The average molecular weight is 171 g/mol. The molecule has 0 aliphatic rings. The predicted molar refractivity (Wildman–Crippen MR) is 38.7 cm³/mol. The molecule has 5 nitrogen and oxygen atoms in total. The zero-order valence-corrected chi connectivity index (χ0v) is 6.61. The number of aromatic nitrogens is 1. The number of nitrogens with zero attached hydrogens (tertiary/aromatic N) is 1. The standard InChI is InChI=1S/C7H9NO4/c1-2-3-11-7(10)6-8-5(9)4-12-6/h4,9H,2-3H2,1H3. The van der Waals surface area contributed by atoms with Crippen molar-refractivity contribution in [1.29, 1.82) is 0 Å². The smallest absolute Gasteiger partial charge is 0.394 e. The van der Waals surface area contributed by atoms with E-state index in [9.17, 15) is 4.79 Å². The Balaban J connectivity index is 2.53. The molecule has 1 N–H and O–H groups in total. The van der Waals surface area contributed by atoms with Crippen LogP contribution in [0.4, 0.5) is 0 Å². The van der Waals surface area contributed by atoms with E-state index in [0.29, 0.717) is 6.61 Å². The van der Waals surface area contributed by atoms with E-state index < -0.39 is 5.97 Å². The van der Waals surface area contributed by atoms with Gasteiger partial charge < -0.3 is 14.3 Å². The summed E-state index contributed by atoms with van der Waals surface area (Å²) in [5, 5.41) is 8.71. The van der Waals surface area contributed by atoms with Crippen LogP contribution in [-0.4, -0.2) is 22.7 Å². The molecule has 0 amide bonds. The van der Waals surface area contributed by atoms with Gasteiger partial charge in [0.1, 0.15) is 0 Å². The van der Waals surface area contributed by atoms with Crippen molar-refractivity contribution in [2.45, 2.75) is 13.3 Å². The number of aromatic hydroxyl groups is 1. The SMILES string of the molecule is CCCOC(=O)c1nc(O)co1. The minimum atomic E-state index is -0.655. The van der Waals surface area contributed by atoms with Crippen molar-refractivity contribution in [2.24, 2.45) is 0 Å². The molecule has 0 saturated heterocycles. The number of hydrogen-bond donors (Lipinski definition) is 1. The second-order valence-electron chi connectivity index (χ2n) is 2.15. The Bertz CT molecular complexity index is 268. The highest BCUT2D eigenvalue weighted by molar-refractivity contribution is 5.84. The summed E-state index contributed by atoms with van der Waals surface area (Å²) in [6, 6.07) is 0. The summed E-state index contributed by atoms with van der Waals surface area (Å²) in [6.45, 7) is 2.20. The van der Waals surface area contributed by atoms with Gasteiger partial charge >= 0.3 is 11.9 Å². The summed E-state index contributed by atoms with van der Waals surface area (Å²) in [5.74, 6) is -1.20. The summed E-state index contributed by atoms with van der Waals surface area (Å²) in [7, 11) is 0. The predicted octanol–water partition coefficient (Wildman–Crippen LogP) is 0.947. The van der Waals surface area contributed by atoms with Crippen LogP contribution < -0.4 is 0 Å². The molecule has 0 radical (unpaired) electrons. The van der Waals surface area contributed by atoms with Gasteiger partial charge in [-0.25, -0.2) is 4.79 Å². The third-order valence-electron chi connectivity index (χ3n) is 1.10. The molecule has 0 aliphatic carbocycles. The molecule has 66 valence electrons. The average Bonchev–Trinajstić information content (AvgIpc) is 2.47. The highest BCUT2D eigenvalue weighted by atomic mass is 16.5. The van der Waals surface area contributed by atoms with Crippen LogP contribution in [0, 0.1) is 0 Å². The first kappa shape index (κ1) is 8.58. The summed E-state index contributed by atoms with van der Waals surface area (Å²) in [4.78, 5) is 14.3. The molecule has 0 saturated carbocycles. The molecule has 1 aromatic heterocycles. The maximum absolute atomic E-state index is 10.9. The molecule has 0 bridgehead atoms. The van der Waals surface area contributed by atoms with Crippen LogP contribution in [0.2, 0.25) is 0 Å². The molecular formula is C7H9NO4. The highest BCUT2D eigenvalue weighted by Gasteiger charge is 2.13. The fourth-order valence-corrected chi connectivity index (χ4v) is 0.616. The lowest BCUT2D eigenvalue weighted by molar-refractivity contribution is 0.0459. The van der Waals surface area contributed by atoms with Gasteiger partial charge in [-0.15, -0.1) is 0 Å². The Hall–Kier alpha value is -1.52. The van der Waals surface area contributed by atoms with Crippen LogP contribution in [0.1, 0.15) is 24.0 Å². The largest absolute Gasteiger partial charge is 0.491 e. The topological polar surface area (TPSA) is 72.6 Å². The number of carbonyl (C=O) groups is 1. The Kier molecular flexibility index (Phi) is 2.68. The minimum absolute atomic E-state index is 0.221. The van der Waals surface area contributed by atoms with E-state index in [4.69, 9.17) is 5.11 Å². The van der Waals surface area contributed by atoms with E-state index in [1.54, 1.807) is 0 Å². The van der Waals surface area contributed by atoms with Gasteiger partial charge in [0.15, 0.2) is 6.26 Å². The normalized spacial score (nSPS) is 9.75. The van der Waals surface area contributed by atoms with Crippen molar-refractivity contribution in [3.8, 4) is 5.88 Å². The number of carbonyl (C=O) groups excluding carboxylic acids is 1. The van der Waals surface area contributed by atoms with Crippen molar-refractivity contribution in [2.75, 3.05) is 6.61 Å². The number of oxazole rings is 1. The maximum Gasteiger partial charge on any atom is 0.394 e. The molecule has 1 rings (SSSR count). The van der Waals surface area contributed by atoms with Gasteiger partial charge in [-0.05, 0) is 6.42 Å². The number of hydrogen-bond acceptors (Lipinski definition) is 5. The fraction of sp³-hybridized carbons (Fsp3) is 0.429. The van der Waals surface area contributed by atoms with Crippen LogP contribution in [-0.2, 0) is 4.74 Å². The maximum atomic E-state index is 10.9. The lowest BCUT2D eigenvalue weighted by Crippen LogP contribution is -2.05. The Labute approximate surface area is 69.0 Å². The highest BCUT2D eigenvalue weighted by Crippen LogP contribution is 2.08. The first-order valence-electron chi connectivity index (χ1n) is 3.55. The third-order valence-corrected chi connectivity index (χ3v) is 1.10. The van der Waals surface area contributed by atoms with E-state index in [1.807, 2.05) is 6.92 Å². The van der Waals surface area contributed by atoms with E-state index in [1.165, 1.54) is 0 Å². The first-order chi connectivity index (χ1) is 5.74. The van der Waals surface area contributed by atoms with Gasteiger partial charge in [0, 0.05) is 0 Å². The monoisotopic (exact) mass is 171 g/mol. The van der Waals surface area contributed by atoms with Gasteiger partial charge in [-0.1, -0.05) is 6.92 Å². The molecule has 5 heteroatoms. The summed E-state index contributed by atoms with van der Waals surface area (Å²) >= 11 is 0. The van der Waals surface area contributed by atoms with Gasteiger partial charge in [0.25, 0.3) is 5.88 Å². The summed E-state index contributed by atoms with van der Waals surface area (Å²) in [6.07, 6.45) is 1.71. The second-order valence-corrected chi connectivity index (χ2v) is 2.15. The first-order valence-corrected chi connectivity index (χ1v) is 3.55. The molecule has 1 heterocycles. The van der Waals surface area contributed by atoms with Crippen LogP contribution in [0.3, 0.4) is 0 Å². The molecular weight excluding hydrogens is 162 g/mol. The zero-order valence-electron chi connectivity index (χ0n) is 6.61. The van der Waals surface area contributed by atoms with E-state index in [0.717, 1.165) is 12.7 Å². The van der Waals surface area contributed by atoms with Gasteiger partial charge in [-0.3, -0.25) is 0 Å². The van der Waals surface area contributed by atoms with E-state index in [-0.39, 0.29) is 11.8 Å². The summed E-state index contributed by atoms with van der Waals surface area (Å²) in [5.41, 5.74) is 0. The minimum Gasteiger partial charge on any atom is -0.491 e. The Morgan fingerprint density at radius 3 is 3.08 bits per heavy atom. The van der Waals surface area contributed by atoms with Crippen molar-refractivity contribution in [3.63, 3.8) is 0 Å². The van der Waals surface area contributed by atoms with Gasteiger partial charge in [0.05, 0.1) is 6.61 Å². The van der Waals surface area contributed by atoms with E-state index >= 15 is 0 Å². The fourth-order valence-electron chi connectivity index (χ4n) is 0.616.